The number of hydrogen-bond acceptors (Lipinski definition) is 8. The number of rotatable bonds is 13. The van der Waals surface area contributed by atoms with Crippen molar-refractivity contribution in [2.45, 2.75) is 24.4 Å². The van der Waals surface area contributed by atoms with Crippen LogP contribution in [0.4, 0.5) is 5.69 Å². The molecule has 11 nitrogen and oxygen atoms in total. The Hall–Kier alpha value is -3.87. The molecule has 0 aromatic heterocycles. The number of sulfonamides is 1. The Morgan fingerprint density at radius 3 is 2.09 bits per heavy atom. The van der Waals surface area contributed by atoms with E-state index < -0.39 is 34.4 Å². The van der Waals surface area contributed by atoms with Crippen molar-refractivity contribution in [1.82, 2.24) is 10.2 Å². The summed E-state index contributed by atoms with van der Waals surface area (Å²) in [6.07, 6.45) is 0. The normalized spacial score (nSPS) is 11.7. The number of carbonyl (C=O) groups excluding carboxylic acids is 2. The van der Waals surface area contributed by atoms with Gasteiger partial charge in [-0.1, -0.05) is 29.3 Å². The van der Waals surface area contributed by atoms with E-state index >= 15 is 0 Å². The summed E-state index contributed by atoms with van der Waals surface area (Å²) in [5.41, 5.74) is 0.533. The van der Waals surface area contributed by atoms with E-state index in [1.165, 1.54) is 83.7 Å². The summed E-state index contributed by atoms with van der Waals surface area (Å²) in [6, 6.07) is 12.4. The highest BCUT2D eigenvalue weighted by atomic mass is 35.5. The lowest BCUT2D eigenvalue weighted by molar-refractivity contribution is -0.139. The molecular formula is C29H33Cl2N3O8S. The number of likely N-dealkylation sites (N-methyl/N-ethyl adjacent to an activating group) is 1. The van der Waals surface area contributed by atoms with E-state index in [0.717, 1.165) is 4.31 Å². The molecule has 43 heavy (non-hydrogen) atoms. The molecule has 2 amide bonds. The van der Waals surface area contributed by atoms with Crippen LogP contribution in [0.1, 0.15) is 12.5 Å². The largest absolute Gasteiger partial charge is 0.497 e. The van der Waals surface area contributed by atoms with Crippen LogP contribution < -0.4 is 28.6 Å². The summed E-state index contributed by atoms with van der Waals surface area (Å²) in [6.45, 7) is 0.704. The third-order valence-electron chi connectivity index (χ3n) is 6.65. The van der Waals surface area contributed by atoms with Gasteiger partial charge in [0.1, 0.15) is 24.1 Å². The van der Waals surface area contributed by atoms with Gasteiger partial charge in [-0.05, 0) is 48.9 Å². The van der Waals surface area contributed by atoms with E-state index in [-0.39, 0.29) is 33.6 Å². The molecule has 3 rings (SSSR count). The molecule has 1 N–H and O–H groups in total. The Labute approximate surface area is 261 Å². The van der Waals surface area contributed by atoms with Crippen LogP contribution >= 0.6 is 23.2 Å². The molecule has 0 aliphatic carbocycles. The monoisotopic (exact) mass is 653 g/mol. The van der Waals surface area contributed by atoms with Gasteiger partial charge in [-0.25, -0.2) is 8.42 Å². The number of ether oxygens (including phenoxy) is 4. The van der Waals surface area contributed by atoms with Crippen molar-refractivity contribution in [2.24, 2.45) is 0 Å². The fraction of sp³-hybridized carbons (Fsp3) is 0.310. The van der Waals surface area contributed by atoms with Gasteiger partial charge in [0.25, 0.3) is 10.0 Å². The molecule has 0 aliphatic rings. The molecule has 232 valence electrons. The first-order valence-corrected chi connectivity index (χ1v) is 15.0. The minimum Gasteiger partial charge on any atom is -0.497 e. The summed E-state index contributed by atoms with van der Waals surface area (Å²) in [4.78, 5) is 27.9. The fourth-order valence-electron chi connectivity index (χ4n) is 4.23. The maximum absolute atomic E-state index is 14.3. The van der Waals surface area contributed by atoms with Gasteiger partial charge in [0.05, 0.1) is 39.0 Å². The lowest BCUT2D eigenvalue weighted by Gasteiger charge is -2.32. The predicted molar refractivity (Wildman–Crippen MR) is 164 cm³/mol. The van der Waals surface area contributed by atoms with Crippen molar-refractivity contribution in [2.75, 3.05) is 46.3 Å². The molecule has 3 aromatic carbocycles. The van der Waals surface area contributed by atoms with Crippen molar-refractivity contribution < 1.29 is 37.0 Å². The Bertz CT molecular complexity index is 1590. The van der Waals surface area contributed by atoms with Crippen LogP contribution in [0.3, 0.4) is 0 Å². The summed E-state index contributed by atoms with van der Waals surface area (Å²) < 4.78 is 50.9. The van der Waals surface area contributed by atoms with Gasteiger partial charge in [0, 0.05) is 35.8 Å². The van der Waals surface area contributed by atoms with Crippen molar-refractivity contribution in [3.63, 3.8) is 0 Å². The number of carbonyl (C=O) groups is 2. The van der Waals surface area contributed by atoms with E-state index in [2.05, 4.69) is 5.32 Å². The fourth-order valence-corrected chi connectivity index (χ4v) is 6.13. The zero-order chi connectivity index (χ0) is 31.9. The number of benzene rings is 3. The molecule has 0 aliphatic heterocycles. The Morgan fingerprint density at radius 2 is 1.51 bits per heavy atom. The molecule has 0 unspecified atom stereocenters. The molecule has 0 fully saturated rings. The quantitative estimate of drug-likeness (QED) is 0.288. The molecule has 3 aromatic rings. The Kier molecular flexibility index (Phi) is 11.4. The lowest BCUT2D eigenvalue weighted by atomic mass is 10.1. The van der Waals surface area contributed by atoms with Crippen LogP contribution in [0.25, 0.3) is 0 Å². The second-order valence-corrected chi connectivity index (χ2v) is 11.8. The Balaban J connectivity index is 2.19. The number of hydrogen-bond donors (Lipinski definition) is 1. The molecule has 0 spiro atoms. The van der Waals surface area contributed by atoms with Crippen LogP contribution in [-0.4, -0.2) is 73.2 Å². The predicted octanol–water partition coefficient (Wildman–Crippen LogP) is 4.39. The number of methoxy groups -OCH3 is 4. The number of amides is 2. The zero-order valence-electron chi connectivity index (χ0n) is 24.5. The number of nitrogens with one attached hydrogen (secondary N) is 1. The van der Waals surface area contributed by atoms with Crippen molar-refractivity contribution >= 4 is 50.7 Å². The van der Waals surface area contributed by atoms with Gasteiger partial charge in [-0.3, -0.25) is 13.9 Å². The minimum atomic E-state index is -4.47. The zero-order valence-corrected chi connectivity index (χ0v) is 26.8. The van der Waals surface area contributed by atoms with Gasteiger partial charge >= 0.3 is 0 Å². The molecule has 1 atom stereocenters. The second kappa shape index (κ2) is 14.5. The topological polar surface area (TPSA) is 124 Å². The van der Waals surface area contributed by atoms with E-state index in [1.807, 2.05) is 0 Å². The minimum absolute atomic E-state index is 0.0297. The average Bonchev–Trinajstić information content (AvgIpc) is 3.01. The lowest BCUT2D eigenvalue weighted by Crippen LogP contribution is -2.50. The first-order chi connectivity index (χ1) is 20.4. The summed E-state index contributed by atoms with van der Waals surface area (Å²) in [5, 5.41) is 3.19. The Morgan fingerprint density at radius 1 is 0.860 bits per heavy atom. The molecule has 0 saturated carbocycles. The average molecular weight is 655 g/mol. The van der Waals surface area contributed by atoms with Crippen LogP contribution in [0.5, 0.6) is 23.0 Å². The molecule has 0 heterocycles. The highest BCUT2D eigenvalue weighted by molar-refractivity contribution is 7.92. The molecule has 0 bridgehead atoms. The standard InChI is InChI=1S/C29H33Cl2N3O8S/c1-18(29(36)32-2)33(16-19-7-8-20(30)13-23(19)31)28(35)17-34(24-14-21(39-3)9-11-25(24)40-4)43(37,38)22-10-12-26(41-5)27(15-22)42-6/h7-15,18H,16-17H2,1-6H3,(H,32,36)/t18-/m1/s1. The summed E-state index contributed by atoms with van der Waals surface area (Å²) >= 11 is 12.4. The van der Waals surface area contributed by atoms with Crippen LogP contribution in [0, 0.1) is 0 Å². The van der Waals surface area contributed by atoms with Gasteiger partial charge in [-0.15, -0.1) is 0 Å². The first-order valence-electron chi connectivity index (χ1n) is 12.8. The van der Waals surface area contributed by atoms with Crippen LogP contribution in [0.15, 0.2) is 59.5 Å². The summed E-state index contributed by atoms with van der Waals surface area (Å²) in [7, 11) is 2.57. The number of anilines is 1. The van der Waals surface area contributed by atoms with E-state index in [1.54, 1.807) is 18.2 Å². The van der Waals surface area contributed by atoms with Crippen LogP contribution in [0.2, 0.25) is 10.0 Å². The van der Waals surface area contributed by atoms with Crippen LogP contribution in [-0.2, 0) is 26.2 Å². The van der Waals surface area contributed by atoms with Crippen molar-refractivity contribution in [3.8, 4) is 23.0 Å². The maximum atomic E-state index is 14.3. The third-order valence-corrected chi connectivity index (χ3v) is 8.99. The van der Waals surface area contributed by atoms with Crippen molar-refractivity contribution in [3.05, 3.63) is 70.2 Å². The number of halogens is 2. The highest BCUT2D eigenvalue weighted by Crippen LogP contribution is 2.38. The highest BCUT2D eigenvalue weighted by Gasteiger charge is 2.34. The van der Waals surface area contributed by atoms with E-state index in [4.69, 9.17) is 42.1 Å². The molecule has 14 heteroatoms. The first kappa shape index (κ1) is 33.6. The van der Waals surface area contributed by atoms with E-state index in [0.29, 0.717) is 22.1 Å². The smallest absolute Gasteiger partial charge is 0.265 e. The second-order valence-electron chi connectivity index (χ2n) is 9.11. The number of nitrogens with zero attached hydrogens (tertiary/aromatic N) is 2. The SMILES string of the molecule is CNC(=O)[C@@H](C)N(Cc1ccc(Cl)cc1Cl)C(=O)CN(c1cc(OC)ccc1OC)S(=O)(=O)c1ccc(OC)c(OC)c1. The third kappa shape index (κ3) is 7.56. The summed E-state index contributed by atoms with van der Waals surface area (Å²) in [5.74, 6) is -0.209. The van der Waals surface area contributed by atoms with Gasteiger partial charge in [0.2, 0.25) is 11.8 Å². The van der Waals surface area contributed by atoms with Gasteiger partial charge < -0.3 is 29.2 Å². The van der Waals surface area contributed by atoms with E-state index in [9.17, 15) is 18.0 Å². The maximum Gasteiger partial charge on any atom is 0.265 e. The van der Waals surface area contributed by atoms with Crippen molar-refractivity contribution in [1.29, 1.82) is 0 Å². The molecular weight excluding hydrogens is 621 g/mol. The molecule has 0 radical (unpaired) electrons. The molecule has 0 saturated heterocycles. The van der Waals surface area contributed by atoms with Gasteiger partial charge in [0.15, 0.2) is 11.5 Å². The van der Waals surface area contributed by atoms with Gasteiger partial charge in [-0.2, -0.15) is 0 Å².